The summed E-state index contributed by atoms with van der Waals surface area (Å²) in [5.41, 5.74) is 1.47. The summed E-state index contributed by atoms with van der Waals surface area (Å²) in [6.07, 6.45) is 4.08. The molecule has 0 aromatic carbocycles. The zero-order valence-corrected chi connectivity index (χ0v) is 13.5. The number of carbonyl (C=O) groups excluding carboxylic acids is 1. The summed E-state index contributed by atoms with van der Waals surface area (Å²) in [4.78, 5) is 20.6. The van der Waals surface area contributed by atoms with Crippen molar-refractivity contribution in [2.45, 2.75) is 26.3 Å². The number of carbonyl (C=O) groups is 1. The van der Waals surface area contributed by atoms with Crippen molar-refractivity contribution >= 4 is 17.5 Å². The topological polar surface area (TPSA) is 74.5 Å². The van der Waals surface area contributed by atoms with Crippen LogP contribution in [0.4, 0.5) is 16.3 Å². The number of hydrogen-bond acceptors (Lipinski definition) is 5. The van der Waals surface area contributed by atoms with Crippen molar-refractivity contribution in [3.8, 4) is 0 Å². The number of aryl methyl sites for hydroxylation is 1. The molecule has 1 aliphatic rings. The molecule has 2 aromatic heterocycles. The number of aromatic nitrogens is 2. The molecule has 122 valence electrons. The lowest BCUT2D eigenvalue weighted by Gasteiger charge is -2.22. The first kappa shape index (κ1) is 15.3. The lowest BCUT2D eigenvalue weighted by Crippen LogP contribution is -2.32. The molecule has 0 bridgehead atoms. The molecule has 7 nitrogen and oxygen atoms in total. The average Bonchev–Trinajstić information content (AvgIpc) is 3.19. The Balaban J connectivity index is 1.67. The second-order valence-electron chi connectivity index (χ2n) is 5.78. The summed E-state index contributed by atoms with van der Waals surface area (Å²) in [6.45, 7) is 4.18. The van der Waals surface area contributed by atoms with Crippen LogP contribution >= 0.6 is 0 Å². The molecule has 1 aliphatic heterocycles. The molecular weight excluding hydrogens is 294 g/mol. The Labute approximate surface area is 135 Å². The zero-order chi connectivity index (χ0) is 16.2. The highest BCUT2D eigenvalue weighted by Gasteiger charge is 2.19. The predicted octanol–water partition coefficient (Wildman–Crippen LogP) is 2.64. The van der Waals surface area contributed by atoms with Crippen LogP contribution in [0.25, 0.3) is 0 Å². The van der Waals surface area contributed by atoms with Crippen molar-refractivity contribution in [3.05, 3.63) is 35.9 Å². The molecule has 0 radical (unpaired) electrons. The first-order chi connectivity index (χ1) is 11.1. The lowest BCUT2D eigenvalue weighted by molar-refractivity contribution is 0.219. The van der Waals surface area contributed by atoms with Gasteiger partial charge in [-0.15, -0.1) is 0 Å². The third-order valence-corrected chi connectivity index (χ3v) is 3.86. The van der Waals surface area contributed by atoms with Crippen LogP contribution in [0.3, 0.4) is 0 Å². The normalized spacial score (nSPS) is 14.1. The Morgan fingerprint density at radius 1 is 1.43 bits per heavy atom. The largest absolute Gasteiger partial charge is 0.361 e. The van der Waals surface area contributed by atoms with Crippen LogP contribution in [0.15, 0.2) is 28.9 Å². The minimum Gasteiger partial charge on any atom is -0.361 e. The molecule has 2 amide bonds. The smallest absolute Gasteiger partial charge is 0.322 e. The van der Waals surface area contributed by atoms with E-state index < -0.39 is 0 Å². The van der Waals surface area contributed by atoms with Crippen molar-refractivity contribution in [2.75, 3.05) is 30.4 Å². The van der Waals surface area contributed by atoms with Crippen LogP contribution in [0.5, 0.6) is 0 Å². The van der Waals surface area contributed by atoms with E-state index in [0.29, 0.717) is 6.54 Å². The molecule has 3 heterocycles. The summed E-state index contributed by atoms with van der Waals surface area (Å²) in [7, 11) is 1.73. The third kappa shape index (κ3) is 3.61. The molecule has 0 aliphatic carbocycles. The van der Waals surface area contributed by atoms with Gasteiger partial charge in [-0.25, -0.2) is 9.78 Å². The fraction of sp³-hybridized carbons (Fsp3) is 0.438. The van der Waals surface area contributed by atoms with Crippen LogP contribution in [0.2, 0.25) is 0 Å². The Hall–Kier alpha value is -2.57. The van der Waals surface area contributed by atoms with E-state index >= 15 is 0 Å². The van der Waals surface area contributed by atoms with Gasteiger partial charge in [-0.3, -0.25) is 0 Å². The van der Waals surface area contributed by atoms with Gasteiger partial charge in [-0.05, 0) is 31.9 Å². The molecule has 1 N–H and O–H groups in total. The van der Waals surface area contributed by atoms with Crippen molar-refractivity contribution in [3.63, 3.8) is 0 Å². The molecule has 2 aromatic rings. The van der Waals surface area contributed by atoms with Crippen LogP contribution in [-0.4, -0.2) is 41.2 Å². The van der Waals surface area contributed by atoms with Gasteiger partial charge in [0.05, 0.1) is 12.2 Å². The number of rotatable bonds is 4. The van der Waals surface area contributed by atoms with Crippen LogP contribution < -0.4 is 10.2 Å². The summed E-state index contributed by atoms with van der Waals surface area (Å²) in [5, 5.41) is 6.85. The zero-order valence-electron chi connectivity index (χ0n) is 13.5. The summed E-state index contributed by atoms with van der Waals surface area (Å²) in [6, 6.07) is 5.34. The monoisotopic (exact) mass is 315 g/mol. The van der Waals surface area contributed by atoms with Crippen molar-refractivity contribution in [1.82, 2.24) is 15.0 Å². The maximum absolute atomic E-state index is 12.4. The highest BCUT2D eigenvalue weighted by molar-refractivity contribution is 5.92. The van der Waals surface area contributed by atoms with Gasteiger partial charge in [0.25, 0.3) is 0 Å². The SMILES string of the molecule is Cc1cc(CN(C)C(=O)Nc2cccnc2N2CCCC2)no1. The van der Waals surface area contributed by atoms with E-state index in [-0.39, 0.29) is 6.03 Å². The van der Waals surface area contributed by atoms with Crippen molar-refractivity contribution in [2.24, 2.45) is 0 Å². The Kier molecular flexibility index (Phi) is 4.45. The van der Waals surface area contributed by atoms with E-state index in [1.165, 1.54) is 0 Å². The third-order valence-electron chi connectivity index (χ3n) is 3.86. The second kappa shape index (κ2) is 6.68. The van der Waals surface area contributed by atoms with Gasteiger partial charge in [0.1, 0.15) is 11.5 Å². The Morgan fingerprint density at radius 3 is 2.91 bits per heavy atom. The molecule has 0 spiro atoms. The van der Waals surface area contributed by atoms with Crippen LogP contribution in [0.1, 0.15) is 24.3 Å². The molecule has 1 saturated heterocycles. The van der Waals surface area contributed by atoms with E-state index in [1.807, 2.05) is 25.1 Å². The first-order valence-corrected chi connectivity index (χ1v) is 7.78. The van der Waals surface area contributed by atoms with Crippen molar-refractivity contribution < 1.29 is 9.32 Å². The molecular formula is C16H21N5O2. The molecule has 1 fully saturated rings. The number of anilines is 2. The van der Waals surface area contributed by atoms with Gasteiger partial charge < -0.3 is 19.6 Å². The molecule has 0 unspecified atom stereocenters. The standard InChI is InChI=1S/C16H21N5O2/c1-12-10-13(19-23-12)11-20(2)16(22)18-14-6-5-7-17-15(14)21-8-3-4-9-21/h5-7,10H,3-4,8-9,11H2,1-2H3,(H,18,22). The fourth-order valence-electron chi connectivity index (χ4n) is 2.69. The number of amides is 2. The first-order valence-electron chi connectivity index (χ1n) is 7.78. The van der Waals surface area contributed by atoms with Gasteiger partial charge in [0.2, 0.25) is 0 Å². The molecule has 7 heteroatoms. The maximum atomic E-state index is 12.4. The minimum absolute atomic E-state index is 0.195. The summed E-state index contributed by atoms with van der Waals surface area (Å²) in [5.74, 6) is 1.57. The van der Waals surface area contributed by atoms with Gasteiger partial charge in [0, 0.05) is 32.4 Å². The van der Waals surface area contributed by atoms with E-state index in [1.54, 1.807) is 18.1 Å². The van der Waals surface area contributed by atoms with Gasteiger partial charge >= 0.3 is 6.03 Å². The summed E-state index contributed by atoms with van der Waals surface area (Å²) < 4.78 is 5.02. The number of hydrogen-bond donors (Lipinski definition) is 1. The molecule has 23 heavy (non-hydrogen) atoms. The van der Waals surface area contributed by atoms with E-state index in [4.69, 9.17) is 4.52 Å². The number of urea groups is 1. The van der Waals surface area contributed by atoms with Gasteiger partial charge in [-0.1, -0.05) is 5.16 Å². The van der Waals surface area contributed by atoms with E-state index in [9.17, 15) is 4.79 Å². The Morgan fingerprint density at radius 2 is 2.22 bits per heavy atom. The maximum Gasteiger partial charge on any atom is 0.322 e. The number of pyridine rings is 1. The van der Waals surface area contributed by atoms with Gasteiger partial charge in [-0.2, -0.15) is 0 Å². The van der Waals surface area contributed by atoms with Crippen LogP contribution in [-0.2, 0) is 6.54 Å². The predicted molar refractivity (Wildman–Crippen MR) is 87.4 cm³/mol. The second-order valence-corrected chi connectivity index (χ2v) is 5.78. The minimum atomic E-state index is -0.195. The fourth-order valence-corrected chi connectivity index (χ4v) is 2.69. The quantitative estimate of drug-likeness (QED) is 0.939. The number of nitrogens with one attached hydrogen (secondary N) is 1. The molecule has 0 saturated carbocycles. The van der Waals surface area contributed by atoms with Crippen LogP contribution in [0, 0.1) is 6.92 Å². The number of nitrogens with zero attached hydrogens (tertiary/aromatic N) is 4. The highest BCUT2D eigenvalue weighted by atomic mass is 16.5. The average molecular weight is 315 g/mol. The lowest BCUT2D eigenvalue weighted by atomic mass is 10.3. The van der Waals surface area contributed by atoms with E-state index in [2.05, 4.69) is 20.4 Å². The van der Waals surface area contributed by atoms with Crippen molar-refractivity contribution in [1.29, 1.82) is 0 Å². The van der Waals surface area contributed by atoms with Gasteiger partial charge in [0.15, 0.2) is 5.82 Å². The molecule has 0 atom stereocenters. The molecule has 3 rings (SSSR count). The Bertz CT molecular complexity index is 679. The van der Waals surface area contributed by atoms with E-state index in [0.717, 1.165) is 48.9 Å². The highest BCUT2D eigenvalue weighted by Crippen LogP contribution is 2.26. The summed E-state index contributed by atoms with van der Waals surface area (Å²) >= 11 is 0.